The Morgan fingerprint density at radius 1 is 0.622 bits per heavy atom. The topological polar surface area (TPSA) is 192 Å². The van der Waals surface area contributed by atoms with Crippen molar-refractivity contribution in [3.05, 3.63) is 71.8 Å². The van der Waals surface area contributed by atoms with Crippen LogP contribution < -0.4 is 32.3 Å². The van der Waals surface area contributed by atoms with Gasteiger partial charge in [0.15, 0.2) is 0 Å². The largest absolute Gasteiger partial charge is 0.368 e. The van der Waals surface area contributed by atoms with Gasteiger partial charge in [-0.05, 0) is 52.3 Å². The number of primary amides is 1. The number of nitrogens with one attached hydrogen (secondary N) is 5. The molecule has 2 aromatic rings. The molecule has 244 valence electrons. The van der Waals surface area contributed by atoms with Crippen molar-refractivity contribution in [1.82, 2.24) is 31.5 Å². The molecule has 45 heavy (non-hydrogen) atoms. The van der Waals surface area contributed by atoms with E-state index in [-0.39, 0.29) is 12.3 Å². The van der Waals surface area contributed by atoms with Crippen LogP contribution in [0.2, 0.25) is 0 Å². The second-order valence-corrected chi connectivity index (χ2v) is 11.0. The lowest BCUT2D eigenvalue weighted by atomic mass is 10.0. The average molecular weight is 624 g/mol. The van der Waals surface area contributed by atoms with Gasteiger partial charge in [0.25, 0.3) is 0 Å². The maximum absolute atomic E-state index is 13.0. The van der Waals surface area contributed by atoms with Crippen LogP contribution in [-0.4, -0.2) is 90.7 Å². The highest BCUT2D eigenvalue weighted by Gasteiger charge is 2.31. The van der Waals surface area contributed by atoms with Gasteiger partial charge in [-0.1, -0.05) is 60.7 Å². The molecule has 0 aliphatic heterocycles. The predicted octanol–water partition coefficient (Wildman–Crippen LogP) is -0.609. The molecule has 0 bridgehead atoms. The van der Waals surface area contributed by atoms with E-state index in [1.54, 1.807) is 7.05 Å². The summed E-state index contributed by atoms with van der Waals surface area (Å²) in [5.41, 5.74) is 7.33. The maximum atomic E-state index is 13.0. The van der Waals surface area contributed by atoms with E-state index in [4.69, 9.17) is 5.73 Å². The second kappa shape index (κ2) is 17.5. The summed E-state index contributed by atoms with van der Waals surface area (Å²) in [5.74, 6) is -3.47. The predicted molar refractivity (Wildman–Crippen MR) is 169 cm³/mol. The third-order valence-electron chi connectivity index (χ3n) is 7.35. The smallest absolute Gasteiger partial charge is 0.245 e. The van der Waals surface area contributed by atoms with Crippen molar-refractivity contribution in [2.75, 3.05) is 14.1 Å². The van der Waals surface area contributed by atoms with Crippen molar-refractivity contribution in [1.29, 1.82) is 0 Å². The van der Waals surface area contributed by atoms with Gasteiger partial charge in [0, 0.05) is 13.5 Å². The fraction of sp³-hybridized carbons (Fsp3) is 0.438. The van der Waals surface area contributed by atoms with E-state index in [9.17, 15) is 28.8 Å². The first-order valence-electron chi connectivity index (χ1n) is 14.8. The first-order valence-corrected chi connectivity index (χ1v) is 14.8. The van der Waals surface area contributed by atoms with Gasteiger partial charge < -0.3 is 37.2 Å². The van der Waals surface area contributed by atoms with Crippen LogP contribution in [0, 0.1) is 0 Å². The number of amides is 6. The normalized spacial score (nSPS) is 14.8. The Labute approximate surface area is 264 Å². The van der Waals surface area contributed by atoms with E-state index in [0.717, 1.165) is 11.1 Å². The lowest BCUT2D eigenvalue weighted by Crippen LogP contribution is -2.58. The molecule has 0 saturated heterocycles. The van der Waals surface area contributed by atoms with Gasteiger partial charge in [0.2, 0.25) is 35.4 Å². The van der Waals surface area contributed by atoms with E-state index in [0.29, 0.717) is 6.42 Å². The minimum atomic E-state index is -1.06. The lowest BCUT2D eigenvalue weighted by molar-refractivity contribution is -0.141. The molecule has 0 spiro atoms. The molecule has 6 atom stereocenters. The van der Waals surface area contributed by atoms with E-state index in [1.807, 2.05) is 60.7 Å². The Bertz CT molecular complexity index is 1320. The summed E-state index contributed by atoms with van der Waals surface area (Å²) in [6.45, 7) is 5.83. The van der Waals surface area contributed by atoms with Gasteiger partial charge in [0.05, 0.1) is 6.04 Å². The van der Waals surface area contributed by atoms with Crippen LogP contribution in [0.1, 0.15) is 38.8 Å². The summed E-state index contributed by atoms with van der Waals surface area (Å²) >= 11 is 0. The Morgan fingerprint density at radius 3 is 1.40 bits per heavy atom. The van der Waals surface area contributed by atoms with Crippen molar-refractivity contribution in [2.45, 2.75) is 76.8 Å². The molecule has 0 radical (unpaired) electrons. The number of carbonyl (C=O) groups is 6. The van der Waals surface area contributed by atoms with Crippen LogP contribution >= 0.6 is 0 Å². The van der Waals surface area contributed by atoms with Gasteiger partial charge in [-0.15, -0.1) is 0 Å². The maximum Gasteiger partial charge on any atom is 0.245 e. The zero-order valence-electron chi connectivity index (χ0n) is 26.6. The number of carbonyl (C=O) groups excluding carboxylic acids is 6. The molecule has 0 aliphatic rings. The first-order chi connectivity index (χ1) is 21.2. The highest BCUT2D eigenvalue weighted by molar-refractivity contribution is 5.96. The van der Waals surface area contributed by atoms with Crippen molar-refractivity contribution >= 4 is 35.4 Å². The first kappa shape index (κ1) is 36.4. The Morgan fingerprint density at radius 2 is 1.00 bits per heavy atom. The van der Waals surface area contributed by atoms with Gasteiger partial charge in [-0.2, -0.15) is 0 Å². The molecule has 13 heteroatoms. The molecule has 0 aromatic heterocycles. The number of hydrogen-bond acceptors (Lipinski definition) is 7. The standard InChI is InChI=1S/C32H45N7O6/c1-19(35-29(42)21(3)37-31(44)25(34-5)17-23-13-9-7-10-14-23)28(41)36-20(2)30(43)38-22(4)32(45)39(6)26(27(33)40)18-24-15-11-8-12-16-24/h7-16,19-22,25-26,34H,17-18H2,1-6H3,(H2,33,40)(H,35,42)(H,36,41)(H,37,44)(H,38,43)/t19-,20-,21-,22-,25-,26-/m0/s1. The Balaban J connectivity index is 1.86. The number of likely N-dealkylation sites (N-methyl/N-ethyl adjacent to an activating group) is 2. The average Bonchev–Trinajstić information content (AvgIpc) is 3.02. The van der Waals surface area contributed by atoms with Crippen molar-refractivity contribution in [3.63, 3.8) is 0 Å². The summed E-state index contributed by atoms with van der Waals surface area (Å²) in [5, 5.41) is 13.2. The molecule has 6 amide bonds. The third kappa shape index (κ3) is 11.3. The molecule has 0 heterocycles. The third-order valence-corrected chi connectivity index (χ3v) is 7.35. The van der Waals surface area contributed by atoms with Gasteiger partial charge >= 0.3 is 0 Å². The summed E-state index contributed by atoms with van der Waals surface area (Å²) in [6, 6.07) is 13.0. The van der Waals surface area contributed by atoms with E-state index >= 15 is 0 Å². The molecule has 0 aliphatic carbocycles. The summed E-state index contributed by atoms with van der Waals surface area (Å²) in [4.78, 5) is 77.3. The molecule has 2 aromatic carbocycles. The summed E-state index contributed by atoms with van der Waals surface area (Å²) < 4.78 is 0. The SMILES string of the molecule is CN[C@@H](Cc1ccccc1)C(=O)N[C@@H](C)C(=O)N[C@@H](C)C(=O)N[C@@H](C)C(=O)N[C@@H](C)C(=O)N(C)[C@@H](Cc1ccccc1)C(N)=O. The molecule has 0 saturated carbocycles. The van der Waals surface area contributed by atoms with E-state index in [2.05, 4.69) is 26.6 Å². The van der Waals surface area contributed by atoms with Gasteiger partial charge in [-0.3, -0.25) is 28.8 Å². The van der Waals surface area contributed by atoms with Crippen LogP contribution in [-0.2, 0) is 41.6 Å². The highest BCUT2D eigenvalue weighted by atomic mass is 16.2. The molecular formula is C32H45N7O6. The van der Waals surface area contributed by atoms with Crippen molar-refractivity contribution in [2.24, 2.45) is 5.73 Å². The molecular weight excluding hydrogens is 578 g/mol. The van der Waals surface area contributed by atoms with Crippen LogP contribution in [0.15, 0.2) is 60.7 Å². The molecule has 7 N–H and O–H groups in total. The lowest BCUT2D eigenvalue weighted by Gasteiger charge is -2.29. The molecule has 13 nitrogen and oxygen atoms in total. The zero-order chi connectivity index (χ0) is 33.7. The van der Waals surface area contributed by atoms with E-state index < -0.39 is 65.8 Å². The van der Waals surface area contributed by atoms with E-state index in [1.165, 1.54) is 39.6 Å². The van der Waals surface area contributed by atoms with Crippen molar-refractivity contribution in [3.8, 4) is 0 Å². The second-order valence-electron chi connectivity index (χ2n) is 11.0. The van der Waals surface area contributed by atoms with Crippen LogP contribution in [0.4, 0.5) is 0 Å². The minimum Gasteiger partial charge on any atom is -0.368 e. The summed E-state index contributed by atoms with van der Waals surface area (Å²) in [7, 11) is 3.09. The van der Waals surface area contributed by atoms with Gasteiger partial charge in [0.1, 0.15) is 30.2 Å². The fourth-order valence-corrected chi connectivity index (χ4v) is 4.49. The molecule has 0 fully saturated rings. The molecule has 2 rings (SSSR count). The fourth-order valence-electron chi connectivity index (χ4n) is 4.49. The Kier molecular flexibility index (Phi) is 14.2. The number of hydrogen-bond donors (Lipinski definition) is 6. The minimum absolute atomic E-state index is 0.210. The monoisotopic (exact) mass is 623 g/mol. The molecule has 0 unspecified atom stereocenters. The number of nitrogens with zero attached hydrogens (tertiary/aromatic N) is 1. The van der Waals surface area contributed by atoms with Gasteiger partial charge in [-0.25, -0.2) is 0 Å². The van der Waals surface area contributed by atoms with Crippen LogP contribution in [0.3, 0.4) is 0 Å². The number of nitrogens with two attached hydrogens (primary N) is 1. The highest BCUT2D eigenvalue weighted by Crippen LogP contribution is 2.10. The van der Waals surface area contributed by atoms with Crippen LogP contribution in [0.5, 0.6) is 0 Å². The summed E-state index contributed by atoms with van der Waals surface area (Å²) in [6.07, 6.45) is 0.636. The van der Waals surface area contributed by atoms with Crippen molar-refractivity contribution < 1.29 is 28.8 Å². The zero-order valence-corrected chi connectivity index (χ0v) is 26.6. The van der Waals surface area contributed by atoms with Crippen LogP contribution in [0.25, 0.3) is 0 Å². The Hall–Kier alpha value is -4.78. The quantitative estimate of drug-likeness (QED) is 0.144. The number of rotatable bonds is 16. The number of benzene rings is 2.